The summed E-state index contributed by atoms with van der Waals surface area (Å²) >= 11 is 3.29. The minimum Gasteiger partial charge on any atom is -0.393 e. The molecule has 3 N–H and O–H groups in total. The van der Waals surface area contributed by atoms with Gasteiger partial charge in [0.1, 0.15) is 4.60 Å². The highest BCUT2D eigenvalue weighted by atomic mass is 79.9. The number of halogens is 1. The second-order valence-corrected chi connectivity index (χ2v) is 4.38. The predicted octanol–water partition coefficient (Wildman–Crippen LogP) is 1.15. The van der Waals surface area contributed by atoms with E-state index >= 15 is 0 Å². The molecule has 0 radical (unpaired) electrons. The van der Waals surface area contributed by atoms with Crippen LogP contribution in [0.25, 0.3) is 0 Å². The molecule has 0 saturated heterocycles. The van der Waals surface area contributed by atoms with E-state index in [4.69, 9.17) is 5.73 Å². The van der Waals surface area contributed by atoms with Crippen molar-refractivity contribution in [1.82, 2.24) is 4.98 Å². The van der Waals surface area contributed by atoms with E-state index < -0.39 is 5.54 Å². The van der Waals surface area contributed by atoms with Crippen LogP contribution < -0.4 is 5.73 Å². The maximum Gasteiger partial charge on any atom is 0.106 e. The van der Waals surface area contributed by atoms with Crippen molar-refractivity contribution in [2.75, 3.05) is 0 Å². The molecule has 0 aromatic carbocycles. The zero-order valence-corrected chi connectivity index (χ0v) is 8.66. The van der Waals surface area contributed by atoms with Crippen LogP contribution in [0.5, 0.6) is 0 Å². The third-order valence-electron chi connectivity index (χ3n) is 2.42. The molecule has 1 heterocycles. The first-order chi connectivity index (χ1) is 6.10. The lowest BCUT2D eigenvalue weighted by molar-refractivity contribution is 0.0187. The Morgan fingerprint density at radius 1 is 1.54 bits per heavy atom. The summed E-state index contributed by atoms with van der Waals surface area (Å²) in [4.78, 5) is 4.28. The van der Waals surface area contributed by atoms with Gasteiger partial charge in [0.2, 0.25) is 0 Å². The summed E-state index contributed by atoms with van der Waals surface area (Å²) in [5, 5.41) is 9.19. The van der Waals surface area contributed by atoms with Gasteiger partial charge in [-0.05, 0) is 40.9 Å². The van der Waals surface area contributed by atoms with Crippen molar-refractivity contribution in [2.24, 2.45) is 5.73 Å². The Morgan fingerprint density at radius 2 is 2.23 bits per heavy atom. The van der Waals surface area contributed by atoms with Gasteiger partial charge in [-0.2, -0.15) is 0 Å². The van der Waals surface area contributed by atoms with Gasteiger partial charge in [-0.3, -0.25) is 0 Å². The molecular weight excluding hydrogens is 232 g/mol. The molecule has 1 aliphatic rings. The Balaban J connectivity index is 2.26. The van der Waals surface area contributed by atoms with Crippen LogP contribution in [0.2, 0.25) is 0 Å². The van der Waals surface area contributed by atoms with Crippen LogP contribution in [-0.4, -0.2) is 16.2 Å². The lowest BCUT2D eigenvalue weighted by Crippen LogP contribution is -2.52. The molecule has 0 bridgehead atoms. The van der Waals surface area contributed by atoms with Gasteiger partial charge in [0, 0.05) is 0 Å². The average Bonchev–Trinajstić information content (AvgIpc) is 2.02. The largest absolute Gasteiger partial charge is 0.393 e. The molecule has 0 atom stereocenters. The maximum absolute atomic E-state index is 9.19. The van der Waals surface area contributed by atoms with Gasteiger partial charge in [0.25, 0.3) is 0 Å². The van der Waals surface area contributed by atoms with E-state index in [0.717, 1.165) is 10.3 Å². The second-order valence-electron chi connectivity index (χ2n) is 3.56. The molecule has 1 aromatic rings. The van der Waals surface area contributed by atoms with E-state index in [1.165, 1.54) is 0 Å². The monoisotopic (exact) mass is 242 g/mol. The van der Waals surface area contributed by atoms with E-state index in [-0.39, 0.29) is 6.10 Å². The summed E-state index contributed by atoms with van der Waals surface area (Å²) in [5.41, 5.74) is 6.48. The first kappa shape index (κ1) is 9.12. The zero-order valence-electron chi connectivity index (χ0n) is 7.07. The molecule has 1 aromatic heterocycles. The molecular formula is C9H11BrN2O. The summed E-state index contributed by atoms with van der Waals surface area (Å²) in [6.07, 6.45) is 0.957. The molecule has 0 aliphatic heterocycles. The third-order valence-corrected chi connectivity index (χ3v) is 2.87. The Kier molecular flexibility index (Phi) is 2.14. The van der Waals surface area contributed by atoms with Gasteiger partial charge < -0.3 is 10.8 Å². The molecule has 0 amide bonds. The minimum atomic E-state index is -0.413. The number of pyridine rings is 1. The van der Waals surface area contributed by atoms with Crippen molar-refractivity contribution in [1.29, 1.82) is 0 Å². The standard InChI is InChI=1S/C9H11BrN2O/c10-8-3-1-2-7(12-8)9(11)4-6(13)5-9/h1-3,6,13H,4-5,11H2. The number of hydrogen-bond acceptors (Lipinski definition) is 3. The highest BCUT2D eigenvalue weighted by Gasteiger charge is 2.42. The van der Waals surface area contributed by atoms with Crippen molar-refractivity contribution in [3.63, 3.8) is 0 Å². The maximum atomic E-state index is 9.19. The lowest BCUT2D eigenvalue weighted by Gasteiger charge is -2.41. The fourth-order valence-electron chi connectivity index (χ4n) is 1.68. The summed E-state index contributed by atoms with van der Waals surface area (Å²) < 4.78 is 0.788. The van der Waals surface area contributed by atoms with Crippen LogP contribution in [0.1, 0.15) is 18.5 Å². The fourth-order valence-corrected chi connectivity index (χ4v) is 2.02. The van der Waals surface area contributed by atoms with Gasteiger partial charge >= 0.3 is 0 Å². The van der Waals surface area contributed by atoms with Crippen molar-refractivity contribution in [3.8, 4) is 0 Å². The molecule has 4 heteroatoms. The van der Waals surface area contributed by atoms with E-state index in [1.807, 2.05) is 18.2 Å². The summed E-state index contributed by atoms with van der Waals surface area (Å²) in [7, 11) is 0. The molecule has 1 fully saturated rings. The number of rotatable bonds is 1. The lowest BCUT2D eigenvalue weighted by atomic mass is 9.73. The Morgan fingerprint density at radius 3 is 2.77 bits per heavy atom. The Hall–Kier alpha value is -0.450. The molecule has 0 unspecified atom stereocenters. The van der Waals surface area contributed by atoms with Crippen LogP contribution in [0.4, 0.5) is 0 Å². The predicted molar refractivity (Wildman–Crippen MR) is 53.0 cm³/mol. The minimum absolute atomic E-state index is 0.259. The zero-order chi connectivity index (χ0) is 9.47. The third kappa shape index (κ3) is 1.61. The van der Waals surface area contributed by atoms with E-state index in [2.05, 4.69) is 20.9 Å². The molecule has 0 spiro atoms. The van der Waals surface area contributed by atoms with Crippen LogP contribution in [0, 0.1) is 0 Å². The van der Waals surface area contributed by atoms with Gasteiger partial charge in [-0.15, -0.1) is 0 Å². The molecule has 1 aliphatic carbocycles. The number of nitrogens with two attached hydrogens (primary N) is 1. The van der Waals surface area contributed by atoms with Crippen molar-refractivity contribution < 1.29 is 5.11 Å². The molecule has 1 saturated carbocycles. The molecule has 13 heavy (non-hydrogen) atoms. The first-order valence-electron chi connectivity index (χ1n) is 4.20. The number of hydrogen-bond donors (Lipinski definition) is 2. The van der Waals surface area contributed by atoms with E-state index in [9.17, 15) is 5.11 Å². The second kappa shape index (κ2) is 3.04. The fraction of sp³-hybridized carbons (Fsp3) is 0.444. The van der Waals surface area contributed by atoms with Crippen LogP contribution >= 0.6 is 15.9 Å². The van der Waals surface area contributed by atoms with Gasteiger partial charge in [-0.1, -0.05) is 6.07 Å². The van der Waals surface area contributed by atoms with Crippen molar-refractivity contribution in [2.45, 2.75) is 24.5 Å². The number of aliphatic hydroxyl groups excluding tert-OH is 1. The average molecular weight is 243 g/mol. The van der Waals surface area contributed by atoms with E-state index in [0.29, 0.717) is 12.8 Å². The normalized spacial score (nSPS) is 32.7. The smallest absolute Gasteiger partial charge is 0.106 e. The topological polar surface area (TPSA) is 59.1 Å². The van der Waals surface area contributed by atoms with Gasteiger partial charge in [-0.25, -0.2) is 4.98 Å². The van der Waals surface area contributed by atoms with Crippen LogP contribution in [-0.2, 0) is 5.54 Å². The highest BCUT2D eigenvalue weighted by molar-refractivity contribution is 9.10. The van der Waals surface area contributed by atoms with Crippen molar-refractivity contribution >= 4 is 15.9 Å². The Labute approximate surface area is 85.1 Å². The van der Waals surface area contributed by atoms with E-state index in [1.54, 1.807) is 0 Å². The van der Waals surface area contributed by atoms with Crippen molar-refractivity contribution in [3.05, 3.63) is 28.5 Å². The van der Waals surface area contributed by atoms with Gasteiger partial charge in [0.05, 0.1) is 17.3 Å². The first-order valence-corrected chi connectivity index (χ1v) is 4.99. The summed E-state index contributed by atoms with van der Waals surface area (Å²) in [5.74, 6) is 0. The van der Waals surface area contributed by atoms with Crippen LogP contribution in [0.3, 0.4) is 0 Å². The quantitative estimate of drug-likeness (QED) is 0.727. The SMILES string of the molecule is NC1(c2cccc(Br)n2)CC(O)C1. The highest BCUT2D eigenvalue weighted by Crippen LogP contribution is 2.38. The van der Waals surface area contributed by atoms with Gasteiger partial charge in [0.15, 0.2) is 0 Å². The number of nitrogens with zero attached hydrogens (tertiary/aromatic N) is 1. The number of aliphatic hydroxyl groups is 1. The molecule has 70 valence electrons. The molecule has 3 nitrogen and oxygen atoms in total. The molecule has 2 rings (SSSR count). The number of aromatic nitrogens is 1. The Bertz CT molecular complexity index is 323. The summed E-state index contributed by atoms with van der Waals surface area (Å²) in [6, 6.07) is 5.67. The summed E-state index contributed by atoms with van der Waals surface area (Å²) in [6.45, 7) is 0. The van der Waals surface area contributed by atoms with Crippen LogP contribution in [0.15, 0.2) is 22.8 Å².